The Kier molecular flexibility index (Phi) is 11.6. The molecule has 0 heterocycles. The summed E-state index contributed by atoms with van der Waals surface area (Å²) in [4.78, 5) is 59.2. The van der Waals surface area contributed by atoms with E-state index >= 15 is 0 Å². The van der Waals surface area contributed by atoms with E-state index in [0.29, 0.717) is 0 Å². The number of carbonyl (C=O) groups excluding carboxylic acids is 3. The first-order chi connectivity index (χ1) is 13.8. The van der Waals surface area contributed by atoms with Gasteiger partial charge in [0.25, 0.3) is 0 Å². The summed E-state index contributed by atoms with van der Waals surface area (Å²) in [6, 6.07) is -5.10. The average molecular weight is 432 g/mol. The topological polar surface area (TPSA) is 208 Å². The zero-order chi connectivity index (χ0) is 23.6. The van der Waals surface area contributed by atoms with Gasteiger partial charge in [0, 0.05) is 0 Å². The van der Waals surface area contributed by atoms with Gasteiger partial charge in [-0.1, -0.05) is 27.7 Å². The van der Waals surface area contributed by atoms with Crippen LogP contribution in [0.2, 0.25) is 0 Å². The number of aliphatic hydroxyl groups is 1. The highest BCUT2D eigenvalue weighted by molar-refractivity contribution is 5.94. The summed E-state index contributed by atoms with van der Waals surface area (Å²) in [5.41, 5.74) is 5.45. The third kappa shape index (κ3) is 9.65. The Bertz CT molecular complexity index is 638. The van der Waals surface area contributed by atoms with Crippen molar-refractivity contribution in [3.05, 3.63) is 0 Å². The number of carboxylic acid groups (broad SMARTS) is 2. The summed E-state index contributed by atoms with van der Waals surface area (Å²) in [5.74, 6) is -5.71. The molecule has 30 heavy (non-hydrogen) atoms. The van der Waals surface area contributed by atoms with Gasteiger partial charge in [0.15, 0.2) is 0 Å². The number of nitrogens with one attached hydrogen (secondary N) is 3. The normalized spacial score (nSPS) is 15.1. The van der Waals surface area contributed by atoms with E-state index in [1.807, 2.05) is 13.8 Å². The molecule has 0 aliphatic heterocycles. The van der Waals surface area contributed by atoms with E-state index in [2.05, 4.69) is 16.0 Å². The van der Waals surface area contributed by atoms with Crippen LogP contribution >= 0.6 is 0 Å². The first kappa shape index (κ1) is 27.3. The van der Waals surface area contributed by atoms with Gasteiger partial charge in [-0.2, -0.15) is 0 Å². The number of carbonyl (C=O) groups is 5. The molecule has 0 bridgehead atoms. The number of carboxylic acids is 2. The molecule has 12 nitrogen and oxygen atoms in total. The quantitative estimate of drug-likeness (QED) is 0.172. The minimum Gasteiger partial charge on any atom is -0.481 e. The first-order valence-electron chi connectivity index (χ1n) is 9.52. The Labute approximate surface area is 174 Å². The average Bonchev–Trinajstić information content (AvgIpc) is 2.62. The molecule has 0 aromatic carbocycles. The number of aliphatic carboxylic acids is 2. The molecule has 0 spiro atoms. The maximum Gasteiger partial charge on any atom is 0.326 e. The molecule has 0 saturated heterocycles. The molecule has 4 atom stereocenters. The highest BCUT2D eigenvalue weighted by atomic mass is 16.4. The van der Waals surface area contributed by atoms with E-state index in [0.717, 1.165) is 0 Å². The molecule has 0 saturated carbocycles. The second-order valence-corrected chi connectivity index (χ2v) is 7.71. The van der Waals surface area contributed by atoms with Gasteiger partial charge >= 0.3 is 11.9 Å². The summed E-state index contributed by atoms with van der Waals surface area (Å²) < 4.78 is 0. The van der Waals surface area contributed by atoms with E-state index in [1.54, 1.807) is 13.8 Å². The van der Waals surface area contributed by atoms with Crippen LogP contribution in [-0.2, 0) is 24.0 Å². The predicted molar refractivity (Wildman–Crippen MR) is 105 cm³/mol. The Morgan fingerprint density at radius 2 is 1.37 bits per heavy atom. The number of nitrogens with two attached hydrogens (primary N) is 1. The van der Waals surface area contributed by atoms with Crippen LogP contribution in [0.15, 0.2) is 0 Å². The number of rotatable bonds is 13. The third-order valence-electron chi connectivity index (χ3n) is 4.11. The van der Waals surface area contributed by atoms with Gasteiger partial charge in [-0.05, 0) is 18.3 Å². The Balaban J connectivity index is 5.40. The van der Waals surface area contributed by atoms with E-state index < -0.39 is 72.8 Å². The van der Waals surface area contributed by atoms with Gasteiger partial charge in [-0.15, -0.1) is 0 Å². The van der Waals surface area contributed by atoms with Crippen molar-refractivity contribution in [3.63, 3.8) is 0 Å². The van der Waals surface area contributed by atoms with Crippen LogP contribution in [0, 0.1) is 11.8 Å². The van der Waals surface area contributed by atoms with Crippen molar-refractivity contribution in [3.8, 4) is 0 Å². The van der Waals surface area contributed by atoms with Crippen LogP contribution in [-0.4, -0.2) is 75.8 Å². The van der Waals surface area contributed by atoms with E-state index in [1.165, 1.54) is 0 Å². The number of aliphatic hydroxyl groups excluding tert-OH is 1. The molecule has 0 aromatic rings. The molecule has 3 amide bonds. The Hall–Kier alpha value is -2.73. The fourth-order valence-electron chi connectivity index (χ4n) is 2.49. The molecule has 4 unspecified atom stereocenters. The van der Waals surface area contributed by atoms with Gasteiger partial charge in [-0.3, -0.25) is 19.2 Å². The number of amides is 3. The van der Waals surface area contributed by atoms with Crippen LogP contribution in [0.1, 0.15) is 40.5 Å². The monoisotopic (exact) mass is 432 g/mol. The lowest BCUT2D eigenvalue weighted by Gasteiger charge is -2.27. The molecule has 0 aliphatic carbocycles. The molecule has 0 radical (unpaired) electrons. The molecule has 0 aromatic heterocycles. The van der Waals surface area contributed by atoms with Gasteiger partial charge in [0.2, 0.25) is 17.7 Å². The largest absolute Gasteiger partial charge is 0.481 e. The summed E-state index contributed by atoms with van der Waals surface area (Å²) in [5, 5.41) is 33.9. The molecular formula is C18H32N4O8. The van der Waals surface area contributed by atoms with Crippen molar-refractivity contribution in [1.29, 1.82) is 0 Å². The smallest absolute Gasteiger partial charge is 0.326 e. The van der Waals surface area contributed by atoms with Crippen LogP contribution in [0.5, 0.6) is 0 Å². The van der Waals surface area contributed by atoms with Crippen molar-refractivity contribution in [1.82, 2.24) is 16.0 Å². The van der Waals surface area contributed by atoms with Crippen molar-refractivity contribution in [2.75, 3.05) is 6.61 Å². The molecule has 8 N–H and O–H groups in total. The van der Waals surface area contributed by atoms with Gasteiger partial charge in [-0.25, -0.2) is 4.79 Å². The summed E-state index contributed by atoms with van der Waals surface area (Å²) in [7, 11) is 0. The fourth-order valence-corrected chi connectivity index (χ4v) is 2.49. The lowest BCUT2D eigenvalue weighted by Crippen LogP contribution is -2.59. The lowest BCUT2D eigenvalue weighted by molar-refractivity contribution is -0.147. The van der Waals surface area contributed by atoms with Crippen molar-refractivity contribution >= 4 is 29.7 Å². The second-order valence-electron chi connectivity index (χ2n) is 7.71. The lowest BCUT2D eigenvalue weighted by atomic mass is 9.99. The highest BCUT2D eigenvalue weighted by Gasteiger charge is 2.32. The van der Waals surface area contributed by atoms with Crippen LogP contribution in [0.4, 0.5) is 0 Å². The van der Waals surface area contributed by atoms with Crippen LogP contribution in [0.3, 0.4) is 0 Å². The van der Waals surface area contributed by atoms with Crippen molar-refractivity contribution < 1.29 is 39.3 Å². The van der Waals surface area contributed by atoms with Gasteiger partial charge in [0.1, 0.15) is 24.2 Å². The maximum atomic E-state index is 12.7. The summed E-state index contributed by atoms with van der Waals surface area (Å²) in [6.07, 6.45) is -0.607. The zero-order valence-corrected chi connectivity index (χ0v) is 17.5. The molecule has 0 rings (SSSR count). The summed E-state index contributed by atoms with van der Waals surface area (Å²) >= 11 is 0. The third-order valence-corrected chi connectivity index (χ3v) is 4.11. The van der Waals surface area contributed by atoms with Crippen LogP contribution in [0.25, 0.3) is 0 Å². The molecule has 12 heteroatoms. The van der Waals surface area contributed by atoms with Crippen molar-refractivity contribution in [2.45, 2.75) is 64.7 Å². The Morgan fingerprint density at radius 3 is 1.77 bits per heavy atom. The van der Waals surface area contributed by atoms with Crippen LogP contribution < -0.4 is 21.7 Å². The summed E-state index contributed by atoms with van der Waals surface area (Å²) in [6.45, 7) is 6.23. The maximum absolute atomic E-state index is 12.7. The first-order valence-corrected chi connectivity index (χ1v) is 9.52. The molecular weight excluding hydrogens is 400 g/mol. The number of hydrogen-bond donors (Lipinski definition) is 7. The minimum atomic E-state index is -1.66. The van der Waals surface area contributed by atoms with Gasteiger partial charge in [0.05, 0.1) is 13.0 Å². The second kappa shape index (κ2) is 12.8. The standard InChI is InChI=1S/C18H32N4O8/c1-8(2)5-11(20-15(26)10(19)7-23)16(27)22-14(9(3)4)17(28)21-12(18(29)30)6-13(24)25/h8-12,14,23H,5-7,19H2,1-4H3,(H,20,26)(H,21,28)(H,22,27)(H,24,25)(H,29,30). The SMILES string of the molecule is CC(C)CC(NC(=O)C(N)CO)C(=O)NC(C(=O)NC(CC(=O)O)C(=O)O)C(C)C. The molecule has 172 valence electrons. The minimum absolute atomic E-state index is 0.00955. The zero-order valence-electron chi connectivity index (χ0n) is 17.5. The fraction of sp³-hybridized carbons (Fsp3) is 0.722. The van der Waals surface area contributed by atoms with E-state index in [-0.39, 0.29) is 12.3 Å². The van der Waals surface area contributed by atoms with E-state index in [4.69, 9.17) is 21.1 Å². The number of hydrogen-bond acceptors (Lipinski definition) is 7. The van der Waals surface area contributed by atoms with Crippen molar-refractivity contribution in [2.24, 2.45) is 17.6 Å². The molecule has 0 aliphatic rings. The highest BCUT2D eigenvalue weighted by Crippen LogP contribution is 2.09. The predicted octanol–water partition coefficient (Wildman–Crippen LogP) is -1.98. The molecule has 0 fully saturated rings. The van der Waals surface area contributed by atoms with E-state index in [9.17, 15) is 24.0 Å². The van der Waals surface area contributed by atoms with Gasteiger partial charge < -0.3 is 37.0 Å². The Morgan fingerprint density at radius 1 is 0.833 bits per heavy atom.